The molecule has 0 aromatic heterocycles. The first-order chi connectivity index (χ1) is 5.65. The monoisotopic (exact) mass is 164 g/mol. The van der Waals surface area contributed by atoms with Crippen LogP contribution >= 0.6 is 0 Å². The average molecular weight is 164 g/mol. The lowest BCUT2D eigenvalue weighted by Gasteiger charge is -2.02. The maximum atomic E-state index is 4.33. The molecule has 0 heterocycles. The van der Waals surface area contributed by atoms with Crippen molar-refractivity contribution in [2.75, 3.05) is 7.05 Å². The minimum absolute atomic E-state index is 0.259. The third kappa shape index (κ3) is 3.28. The van der Waals surface area contributed by atoms with Gasteiger partial charge in [-0.25, -0.2) is 0 Å². The molecule has 0 saturated heterocycles. The van der Waals surface area contributed by atoms with Crippen molar-refractivity contribution < 1.29 is 0 Å². The predicted octanol–water partition coefficient (Wildman–Crippen LogP) is 2.28. The van der Waals surface area contributed by atoms with E-state index in [-0.39, 0.29) is 6.04 Å². The summed E-state index contributed by atoms with van der Waals surface area (Å²) in [6, 6.07) is 0.259. The molecule has 0 N–H and O–H groups in total. The lowest BCUT2D eigenvalue weighted by atomic mass is 10.2. The van der Waals surface area contributed by atoms with Gasteiger partial charge in [0, 0.05) is 13.1 Å². The van der Waals surface area contributed by atoms with Crippen LogP contribution in [0.1, 0.15) is 13.8 Å². The first-order valence-electron chi connectivity index (χ1n) is 3.95. The molecule has 0 spiro atoms. The molecule has 0 radical (unpaired) electrons. The van der Waals surface area contributed by atoms with Crippen molar-refractivity contribution in [1.29, 1.82) is 0 Å². The normalized spacial score (nSPS) is 13.3. The summed E-state index contributed by atoms with van der Waals surface area (Å²) in [7, 11) is 1.72. The largest absolute Gasteiger partial charge is 0.286 e. The molecule has 0 bridgehead atoms. The molecule has 0 amide bonds. The van der Waals surface area contributed by atoms with Crippen molar-refractivity contribution in [1.82, 2.24) is 0 Å². The number of hydrogen-bond donors (Lipinski definition) is 0. The van der Waals surface area contributed by atoms with E-state index in [9.17, 15) is 0 Å². The molecule has 66 valence electrons. The van der Waals surface area contributed by atoms with Crippen molar-refractivity contribution >= 4 is 11.4 Å². The number of aliphatic imine (C=N–C) groups is 2. The highest BCUT2D eigenvalue weighted by molar-refractivity contribution is 6.50. The summed E-state index contributed by atoms with van der Waals surface area (Å²) in [5, 5.41) is 0. The van der Waals surface area contributed by atoms with Crippen molar-refractivity contribution in [3.63, 3.8) is 0 Å². The second-order valence-corrected chi connectivity index (χ2v) is 2.63. The van der Waals surface area contributed by atoms with E-state index in [1.165, 1.54) is 0 Å². The fraction of sp³-hybridized carbons (Fsp3) is 0.400. The van der Waals surface area contributed by atoms with Crippen LogP contribution in [0.25, 0.3) is 0 Å². The van der Waals surface area contributed by atoms with Crippen LogP contribution in [0.5, 0.6) is 0 Å². The van der Waals surface area contributed by atoms with Gasteiger partial charge in [0.25, 0.3) is 0 Å². The smallest absolute Gasteiger partial charge is 0.0823 e. The van der Waals surface area contributed by atoms with Crippen LogP contribution in [0.2, 0.25) is 0 Å². The summed E-state index contributed by atoms with van der Waals surface area (Å²) in [5.74, 6) is 0. The van der Waals surface area contributed by atoms with Gasteiger partial charge in [-0.3, -0.25) is 9.98 Å². The maximum absolute atomic E-state index is 4.33. The molecule has 2 nitrogen and oxygen atoms in total. The standard InChI is InChI=1S/C10H16N2/c1-6-9(11-5)10(7-2)12-8(3)4/h6-8H,1-2H2,3-5H3/b11-9-,12-10-. The Hall–Kier alpha value is -1.18. The van der Waals surface area contributed by atoms with E-state index in [1.807, 2.05) is 13.8 Å². The third-order valence-corrected chi connectivity index (χ3v) is 1.29. The van der Waals surface area contributed by atoms with E-state index < -0.39 is 0 Å². The number of nitrogens with zero attached hydrogens (tertiary/aromatic N) is 2. The average Bonchev–Trinajstić information content (AvgIpc) is 2.04. The molecule has 0 aromatic carbocycles. The Balaban J connectivity index is 4.77. The molecule has 0 saturated carbocycles. The van der Waals surface area contributed by atoms with Gasteiger partial charge in [-0.15, -0.1) is 0 Å². The van der Waals surface area contributed by atoms with Gasteiger partial charge in [-0.05, 0) is 26.0 Å². The first-order valence-corrected chi connectivity index (χ1v) is 3.95. The molecule has 0 atom stereocenters. The highest BCUT2D eigenvalue weighted by Gasteiger charge is 1.99. The third-order valence-electron chi connectivity index (χ3n) is 1.29. The summed E-state index contributed by atoms with van der Waals surface area (Å²) in [5.41, 5.74) is 1.60. The fourth-order valence-electron chi connectivity index (χ4n) is 0.812. The van der Waals surface area contributed by atoms with Crippen molar-refractivity contribution in [3.8, 4) is 0 Å². The van der Waals surface area contributed by atoms with E-state index in [4.69, 9.17) is 0 Å². The molecule has 0 aromatic rings. The number of rotatable bonds is 4. The summed E-state index contributed by atoms with van der Waals surface area (Å²) in [6.45, 7) is 11.3. The molecule has 0 unspecified atom stereocenters. The lowest BCUT2D eigenvalue weighted by Crippen LogP contribution is -2.10. The molecule has 0 aliphatic carbocycles. The zero-order valence-electron chi connectivity index (χ0n) is 8.04. The molecule has 2 heteroatoms. The number of hydrogen-bond acceptors (Lipinski definition) is 2. The molecule has 0 aliphatic rings. The van der Waals surface area contributed by atoms with Crippen LogP contribution < -0.4 is 0 Å². The Morgan fingerprint density at radius 1 is 1.17 bits per heavy atom. The van der Waals surface area contributed by atoms with Gasteiger partial charge in [0.15, 0.2) is 0 Å². The Bertz CT molecular complexity index is 222. The minimum Gasteiger partial charge on any atom is -0.286 e. The van der Waals surface area contributed by atoms with E-state index >= 15 is 0 Å². The van der Waals surface area contributed by atoms with E-state index in [0.717, 1.165) is 11.4 Å². The minimum atomic E-state index is 0.259. The SMILES string of the molecule is C=CC(=N/C)/C(C=C)=N\C(C)C. The first kappa shape index (κ1) is 10.8. The summed E-state index contributed by atoms with van der Waals surface area (Å²) in [4.78, 5) is 8.36. The van der Waals surface area contributed by atoms with E-state index in [1.54, 1.807) is 19.2 Å². The summed E-state index contributed by atoms with van der Waals surface area (Å²) < 4.78 is 0. The molecular formula is C10H16N2. The lowest BCUT2D eigenvalue weighted by molar-refractivity contribution is 0.839. The zero-order valence-corrected chi connectivity index (χ0v) is 8.04. The van der Waals surface area contributed by atoms with Crippen LogP contribution in [-0.2, 0) is 0 Å². The van der Waals surface area contributed by atoms with Gasteiger partial charge in [0.2, 0.25) is 0 Å². The second kappa shape index (κ2) is 5.47. The van der Waals surface area contributed by atoms with Gasteiger partial charge in [0.05, 0.1) is 11.4 Å². The van der Waals surface area contributed by atoms with E-state index in [2.05, 4.69) is 23.1 Å². The Kier molecular flexibility index (Phi) is 4.93. The van der Waals surface area contributed by atoms with Gasteiger partial charge >= 0.3 is 0 Å². The summed E-state index contributed by atoms with van der Waals surface area (Å²) >= 11 is 0. The topological polar surface area (TPSA) is 24.7 Å². The predicted molar refractivity (Wildman–Crippen MR) is 56.3 cm³/mol. The molecular weight excluding hydrogens is 148 g/mol. The Morgan fingerprint density at radius 3 is 1.92 bits per heavy atom. The highest BCUT2D eigenvalue weighted by Crippen LogP contribution is 1.93. The van der Waals surface area contributed by atoms with Gasteiger partial charge in [-0.1, -0.05) is 13.2 Å². The van der Waals surface area contributed by atoms with Crippen LogP contribution in [0.3, 0.4) is 0 Å². The van der Waals surface area contributed by atoms with Crippen molar-refractivity contribution in [2.45, 2.75) is 19.9 Å². The number of allylic oxidation sites excluding steroid dienone is 2. The zero-order chi connectivity index (χ0) is 9.56. The maximum Gasteiger partial charge on any atom is 0.0823 e. The van der Waals surface area contributed by atoms with Gasteiger partial charge < -0.3 is 0 Å². The fourth-order valence-corrected chi connectivity index (χ4v) is 0.812. The molecule has 0 fully saturated rings. The molecule has 0 rings (SSSR count). The van der Waals surface area contributed by atoms with Crippen LogP contribution in [0.4, 0.5) is 0 Å². The van der Waals surface area contributed by atoms with Crippen LogP contribution in [0, 0.1) is 0 Å². The van der Waals surface area contributed by atoms with Crippen molar-refractivity contribution in [2.24, 2.45) is 9.98 Å². The second-order valence-electron chi connectivity index (χ2n) is 2.63. The highest BCUT2D eigenvalue weighted by atomic mass is 14.8. The van der Waals surface area contributed by atoms with Gasteiger partial charge in [0.1, 0.15) is 0 Å². The Morgan fingerprint density at radius 2 is 1.67 bits per heavy atom. The van der Waals surface area contributed by atoms with Crippen LogP contribution in [0.15, 0.2) is 35.3 Å². The summed E-state index contributed by atoms with van der Waals surface area (Å²) in [6.07, 6.45) is 3.38. The Labute approximate surface area is 74.4 Å². The quantitative estimate of drug-likeness (QED) is 0.569. The molecule has 12 heavy (non-hydrogen) atoms. The van der Waals surface area contributed by atoms with Gasteiger partial charge in [-0.2, -0.15) is 0 Å². The van der Waals surface area contributed by atoms with Crippen LogP contribution in [-0.4, -0.2) is 24.5 Å². The van der Waals surface area contributed by atoms with Crippen molar-refractivity contribution in [3.05, 3.63) is 25.3 Å². The van der Waals surface area contributed by atoms with E-state index in [0.29, 0.717) is 0 Å². The molecule has 0 aliphatic heterocycles.